The van der Waals surface area contributed by atoms with Gasteiger partial charge in [0.25, 0.3) is 0 Å². The summed E-state index contributed by atoms with van der Waals surface area (Å²) in [7, 11) is 4.68. The molecule has 0 spiro atoms. The van der Waals surface area contributed by atoms with Crippen molar-refractivity contribution in [3.05, 3.63) is 11.7 Å². The molecule has 0 heterocycles. The van der Waals surface area contributed by atoms with Crippen molar-refractivity contribution in [1.82, 2.24) is 4.90 Å². The van der Waals surface area contributed by atoms with Crippen LogP contribution in [0.15, 0.2) is 16.7 Å². The molecule has 1 amide bonds. The predicted molar refractivity (Wildman–Crippen MR) is 112 cm³/mol. The second-order valence-corrected chi connectivity index (χ2v) is 8.56. The molecule has 0 aliphatic rings. The Balaban J connectivity index is 4.55. The van der Waals surface area contributed by atoms with Gasteiger partial charge in [0.2, 0.25) is 5.90 Å². The SMILES string of the molecule is CN=C(OCCCN(C)C(=O)OC(C)(C)C)/C([B]OC(C)(C)C(C)(C)O)=C\N. The van der Waals surface area contributed by atoms with Crippen molar-refractivity contribution in [3.8, 4) is 0 Å². The largest absolute Gasteiger partial charge is 0.478 e. The molecule has 0 saturated carbocycles. The van der Waals surface area contributed by atoms with Gasteiger partial charge in [-0.25, -0.2) is 4.79 Å². The second-order valence-electron chi connectivity index (χ2n) is 8.56. The van der Waals surface area contributed by atoms with Crippen molar-refractivity contribution in [1.29, 1.82) is 0 Å². The topological polar surface area (TPSA) is 107 Å². The van der Waals surface area contributed by atoms with Gasteiger partial charge in [0.15, 0.2) is 0 Å². The lowest BCUT2D eigenvalue weighted by molar-refractivity contribution is -0.0896. The summed E-state index contributed by atoms with van der Waals surface area (Å²) in [5.41, 5.74) is 3.71. The molecule has 0 saturated heterocycles. The zero-order chi connectivity index (χ0) is 22.2. The third kappa shape index (κ3) is 9.46. The normalized spacial score (nSPS) is 13.9. The highest BCUT2D eigenvalue weighted by Gasteiger charge is 2.36. The molecule has 0 aromatic carbocycles. The van der Waals surface area contributed by atoms with Crippen LogP contribution in [-0.2, 0) is 14.1 Å². The molecular formula is C19H37BN3O5. The number of aliphatic imine (C=N–C) groups is 1. The summed E-state index contributed by atoms with van der Waals surface area (Å²) >= 11 is 0. The summed E-state index contributed by atoms with van der Waals surface area (Å²) in [6, 6.07) is 0. The monoisotopic (exact) mass is 398 g/mol. The average molecular weight is 398 g/mol. The Morgan fingerprint density at radius 1 is 1.21 bits per heavy atom. The van der Waals surface area contributed by atoms with Gasteiger partial charge >= 0.3 is 13.6 Å². The summed E-state index contributed by atoms with van der Waals surface area (Å²) in [6.45, 7) is 13.2. The van der Waals surface area contributed by atoms with Crippen LogP contribution in [0, 0.1) is 0 Å². The number of rotatable bonds is 9. The first-order valence-electron chi connectivity index (χ1n) is 9.34. The number of nitrogens with zero attached hydrogens (tertiary/aromatic N) is 2. The van der Waals surface area contributed by atoms with Crippen LogP contribution in [0.2, 0.25) is 0 Å². The van der Waals surface area contributed by atoms with Crippen LogP contribution in [-0.4, -0.2) is 73.5 Å². The van der Waals surface area contributed by atoms with Gasteiger partial charge in [-0.2, -0.15) is 0 Å². The van der Waals surface area contributed by atoms with Gasteiger partial charge < -0.3 is 29.9 Å². The van der Waals surface area contributed by atoms with E-state index in [-0.39, 0.29) is 6.09 Å². The van der Waals surface area contributed by atoms with Crippen molar-refractivity contribution >= 4 is 19.5 Å². The Morgan fingerprint density at radius 2 is 1.79 bits per heavy atom. The molecule has 0 bridgehead atoms. The van der Waals surface area contributed by atoms with E-state index in [1.54, 1.807) is 41.8 Å². The average Bonchev–Trinajstić information content (AvgIpc) is 2.53. The van der Waals surface area contributed by atoms with Crippen LogP contribution < -0.4 is 5.73 Å². The van der Waals surface area contributed by atoms with Crippen LogP contribution in [0.4, 0.5) is 4.79 Å². The number of ether oxygens (including phenoxy) is 2. The smallest absolute Gasteiger partial charge is 0.410 e. The molecule has 0 rings (SSSR count). The maximum absolute atomic E-state index is 11.9. The van der Waals surface area contributed by atoms with E-state index in [0.29, 0.717) is 30.9 Å². The van der Waals surface area contributed by atoms with E-state index < -0.39 is 16.8 Å². The van der Waals surface area contributed by atoms with E-state index in [0.717, 1.165) is 0 Å². The van der Waals surface area contributed by atoms with Gasteiger partial charge in [-0.05, 0) is 61.1 Å². The Kier molecular flexibility index (Phi) is 10.0. The van der Waals surface area contributed by atoms with E-state index in [4.69, 9.17) is 19.9 Å². The summed E-state index contributed by atoms with van der Waals surface area (Å²) in [4.78, 5) is 17.5. The van der Waals surface area contributed by atoms with E-state index in [1.807, 2.05) is 20.8 Å². The number of nitrogens with two attached hydrogens (primary N) is 1. The molecule has 0 aliphatic heterocycles. The molecule has 0 aliphatic carbocycles. The predicted octanol–water partition coefficient (Wildman–Crippen LogP) is 2.27. The van der Waals surface area contributed by atoms with Crippen LogP contribution in [0.1, 0.15) is 54.9 Å². The van der Waals surface area contributed by atoms with Crippen LogP contribution in [0.5, 0.6) is 0 Å². The van der Waals surface area contributed by atoms with Gasteiger partial charge in [0.1, 0.15) is 5.60 Å². The quantitative estimate of drug-likeness (QED) is 0.267. The fraction of sp³-hybridized carbons (Fsp3) is 0.789. The molecule has 161 valence electrons. The highest BCUT2D eigenvalue weighted by Crippen LogP contribution is 2.25. The van der Waals surface area contributed by atoms with Crippen molar-refractivity contribution in [3.63, 3.8) is 0 Å². The van der Waals surface area contributed by atoms with Crippen LogP contribution >= 0.6 is 0 Å². The molecule has 8 nitrogen and oxygen atoms in total. The Bertz CT molecular complexity index is 563. The third-order valence-electron chi connectivity index (χ3n) is 4.17. The van der Waals surface area contributed by atoms with Crippen LogP contribution in [0.25, 0.3) is 0 Å². The van der Waals surface area contributed by atoms with Crippen molar-refractivity contribution in [2.24, 2.45) is 10.7 Å². The first-order chi connectivity index (χ1) is 12.6. The summed E-state index contributed by atoms with van der Waals surface area (Å²) in [5, 5.41) is 10.2. The van der Waals surface area contributed by atoms with Crippen molar-refractivity contribution in [2.45, 2.75) is 71.7 Å². The minimum absolute atomic E-state index is 0.314. The lowest BCUT2D eigenvalue weighted by atomic mass is 9.82. The first-order valence-corrected chi connectivity index (χ1v) is 9.34. The van der Waals surface area contributed by atoms with Gasteiger partial charge in [-0.1, -0.05) is 0 Å². The molecule has 0 aromatic heterocycles. The number of amides is 1. The molecule has 1 radical (unpaired) electrons. The lowest BCUT2D eigenvalue weighted by Crippen LogP contribution is -2.48. The number of hydrogen-bond acceptors (Lipinski definition) is 7. The highest BCUT2D eigenvalue weighted by molar-refractivity contribution is 6.48. The maximum Gasteiger partial charge on any atom is 0.410 e. The zero-order valence-corrected chi connectivity index (χ0v) is 18.8. The second kappa shape index (κ2) is 10.7. The van der Waals surface area contributed by atoms with Gasteiger partial charge in [0.05, 0.1) is 17.8 Å². The molecule has 9 heteroatoms. The molecule has 0 atom stereocenters. The summed E-state index contributed by atoms with van der Waals surface area (Å²) in [5.74, 6) is 0.314. The Hall–Kier alpha value is -1.74. The molecule has 0 unspecified atom stereocenters. The number of carbonyl (C=O) groups is 1. The third-order valence-corrected chi connectivity index (χ3v) is 4.17. The van der Waals surface area contributed by atoms with E-state index in [9.17, 15) is 9.90 Å². The summed E-state index contributed by atoms with van der Waals surface area (Å²) < 4.78 is 16.7. The molecule has 28 heavy (non-hydrogen) atoms. The molecular weight excluding hydrogens is 361 g/mol. The summed E-state index contributed by atoms with van der Waals surface area (Å²) in [6.07, 6.45) is 1.54. The van der Waals surface area contributed by atoms with Gasteiger partial charge in [-0.3, -0.25) is 4.99 Å². The van der Waals surface area contributed by atoms with Crippen molar-refractivity contribution in [2.75, 3.05) is 27.2 Å². The maximum atomic E-state index is 11.9. The van der Waals surface area contributed by atoms with E-state index >= 15 is 0 Å². The van der Waals surface area contributed by atoms with Gasteiger partial charge in [0, 0.05) is 26.1 Å². The van der Waals surface area contributed by atoms with Crippen molar-refractivity contribution < 1.29 is 24.0 Å². The zero-order valence-electron chi connectivity index (χ0n) is 18.8. The molecule has 3 N–H and O–H groups in total. The Morgan fingerprint density at radius 3 is 2.21 bits per heavy atom. The first kappa shape index (κ1) is 26.3. The molecule has 0 aromatic rings. The highest BCUT2D eigenvalue weighted by atomic mass is 16.6. The minimum atomic E-state index is -1.06. The standard InChI is InChI=1S/C19H37BN3O5/c1-17(2,3)27-16(24)23(9)11-10-12-26-15(22-8)14(13-21)20-28-19(6,7)18(4,5)25/h13,25H,10-12,21H2,1-9H3/b14-13+,22-15?. The number of carbonyl (C=O) groups excluding carboxylic acids is 1. The Labute approximate surface area is 170 Å². The van der Waals surface area contributed by atoms with Crippen LogP contribution in [0.3, 0.4) is 0 Å². The van der Waals surface area contributed by atoms with Gasteiger partial charge in [-0.15, -0.1) is 0 Å². The van der Waals surface area contributed by atoms with E-state index in [2.05, 4.69) is 4.99 Å². The fourth-order valence-electron chi connectivity index (χ4n) is 1.69. The van der Waals surface area contributed by atoms with E-state index in [1.165, 1.54) is 18.6 Å². The fourth-order valence-corrected chi connectivity index (χ4v) is 1.69. The lowest BCUT2D eigenvalue weighted by Gasteiger charge is -2.37. The minimum Gasteiger partial charge on any atom is -0.478 e. The number of hydrogen-bond donors (Lipinski definition) is 2. The molecule has 0 fully saturated rings. The number of aliphatic hydroxyl groups is 1.